The molecule has 1 N–H and O–H groups in total. The Bertz CT molecular complexity index is 858. The summed E-state index contributed by atoms with van der Waals surface area (Å²) >= 11 is 0. The predicted octanol–water partition coefficient (Wildman–Crippen LogP) is 5.69. The summed E-state index contributed by atoms with van der Waals surface area (Å²) in [5, 5.41) is 2.57. The number of amides is 1. The summed E-state index contributed by atoms with van der Waals surface area (Å²) in [6.45, 7) is 1.68. The minimum Gasteiger partial charge on any atom is -0.493 e. The second kappa shape index (κ2) is 7.81. The van der Waals surface area contributed by atoms with Crippen LogP contribution in [0, 0.1) is 5.82 Å². The van der Waals surface area contributed by atoms with Gasteiger partial charge in [-0.25, -0.2) is 4.39 Å². The highest BCUT2D eigenvalue weighted by Gasteiger charge is 2.44. The van der Waals surface area contributed by atoms with E-state index in [9.17, 15) is 22.4 Å². The Morgan fingerprint density at radius 1 is 1.14 bits per heavy atom. The van der Waals surface area contributed by atoms with Crippen molar-refractivity contribution in [1.29, 1.82) is 0 Å². The Hall–Kier alpha value is -2.57. The Morgan fingerprint density at radius 3 is 2.43 bits per heavy atom. The molecule has 150 valence electrons. The highest BCUT2D eigenvalue weighted by atomic mass is 19.4. The van der Waals surface area contributed by atoms with Crippen molar-refractivity contribution in [2.24, 2.45) is 0 Å². The number of alkyl halides is 3. The van der Waals surface area contributed by atoms with Crippen LogP contribution in [0.3, 0.4) is 0 Å². The molecule has 1 aliphatic rings. The molecule has 0 unspecified atom stereocenters. The molecule has 0 saturated heterocycles. The molecule has 0 bridgehead atoms. The van der Waals surface area contributed by atoms with Crippen molar-refractivity contribution in [3.63, 3.8) is 0 Å². The maximum atomic E-state index is 14.4. The van der Waals surface area contributed by atoms with E-state index in [2.05, 4.69) is 5.32 Å². The number of ether oxygens (including phenoxy) is 1. The fourth-order valence-electron chi connectivity index (χ4n) is 3.81. The van der Waals surface area contributed by atoms with Crippen molar-refractivity contribution >= 4 is 11.6 Å². The molecule has 0 radical (unpaired) electrons. The van der Waals surface area contributed by atoms with Crippen LogP contribution in [-0.2, 0) is 16.4 Å². The summed E-state index contributed by atoms with van der Waals surface area (Å²) in [5.41, 5.74) is -1.75. The SMILES string of the molecule is CCOc1ccc(NC(=O)C2(c3ccccc3F)CCCC2)cc1C(F)(F)F. The van der Waals surface area contributed by atoms with Crippen molar-refractivity contribution in [2.75, 3.05) is 11.9 Å². The smallest absolute Gasteiger partial charge is 0.420 e. The maximum absolute atomic E-state index is 14.4. The largest absolute Gasteiger partial charge is 0.493 e. The van der Waals surface area contributed by atoms with E-state index >= 15 is 0 Å². The van der Waals surface area contributed by atoms with Gasteiger partial charge in [-0.3, -0.25) is 4.79 Å². The van der Waals surface area contributed by atoms with Crippen molar-refractivity contribution in [2.45, 2.75) is 44.2 Å². The summed E-state index contributed by atoms with van der Waals surface area (Å²) in [7, 11) is 0. The van der Waals surface area contributed by atoms with Gasteiger partial charge in [-0.15, -0.1) is 0 Å². The Balaban J connectivity index is 1.94. The average Bonchev–Trinajstić information content (AvgIpc) is 3.13. The van der Waals surface area contributed by atoms with Crippen LogP contribution in [0.4, 0.5) is 23.2 Å². The highest BCUT2D eigenvalue weighted by Crippen LogP contribution is 2.44. The summed E-state index contributed by atoms with van der Waals surface area (Å²) < 4.78 is 59.5. The first kappa shape index (κ1) is 20.2. The van der Waals surface area contributed by atoms with E-state index in [1.807, 2.05) is 0 Å². The summed E-state index contributed by atoms with van der Waals surface area (Å²) in [4.78, 5) is 13.1. The van der Waals surface area contributed by atoms with Gasteiger partial charge in [-0.05, 0) is 44.0 Å². The fourth-order valence-corrected chi connectivity index (χ4v) is 3.81. The van der Waals surface area contributed by atoms with Crippen LogP contribution >= 0.6 is 0 Å². The average molecular weight is 395 g/mol. The second-order valence-electron chi connectivity index (χ2n) is 6.86. The number of nitrogens with one attached hydrogen (secondary N) is 1. The first-order chi connectivity index (χ1) is 13.3. The van der Waals surface area contributed by atoms with Crippen molar-refractivity contribution in [1.82, 2.24) is 0 Å². The third kappa shape index (κ3) is 3.84. The molecule has 0 aromatic heterocycles. The first-order valence-corrected chi connectivity index (χ1v) is 9.18. The third-order valence-corrected chi connectivity index (χ3v) is 5.12. The van der Waals surface area contributed by atoms with Crippen LogP contribution in [0.25, 0.3) is 0 Å². The van der Waals surface area contributed by atoms with Crippen molar-refractivity contribution < 1.29 is 27.1 Å². The lowest BCUT2D eigenvalue weighted by Gasteiger charge is -2.29. The zero-order valence-electron chi connectivity index (χ0n) is 15.4. The molecular formula is C21H21F4NO2. The number of carbonyl (C=O) groups is 1. The van der Waals surface area contributed by atoms with Gasteiger partial charge in [0.2, 0.25) is 5.91 Å². The molecule has 1 fully saturated rings. The molecule has 1 saturated carbocycles. The number of hydrogen-bond acceptors (Lipinski definition) is 2. The van der Waals surface area contributed by atoms with E-state index in [1.54, 1.807) is 25.1 Å². The molecule has 7 heteroatoms. The lowest BCUT2D eigenvalue weighted by Crippen LogP contribution is -2.38. The van der Waals surface area contributed by atoms with Gasteiger partial charge in [-0.1, -0.05) is 31.0 Å². The monoisotopic (exact) mass is 395 g/mol. The van der Waals surface area contributed by atoms with Gasteiger partial charge in [-0.2, -0.15) is 13.2 Å². The van der Waals surface area contributed by atoms with Gasteiger partial charge in [0, 0.05) is 11.3 Å². The standard InChI is InChI=1S/C21H21F4NO2/c1-2-28-18-10-9-14(13-16(18)21(23,24)25)26-19(27)20(11-5-6-12-20)15-7-3-4-8-17(15)22/h3-4,7-10,13H,2,5-6,11-12H2,1H3,(H,26,27). The van der Waals surface area contributed by atoms with E-state index in [0.717, 1.165) is 18.9 Å². The fraction of sp³-hybridized carbons (Fsp3) is 0.381. The number of rotatable bonds is 5. The summed E-state index contributed by atoms with van der Waals surface area (Å²) in [6.07, 6.45) is -2.23. The minimum absolute atomic E-state index is 0.00314. The predicted molar refractivity (Wildman–Crippen MR) is 97.8 cm³/mol. The van der Waals surface area contributed by atoms with E-state index in [1.165, 1.54) is 18.2 Å². The molecule has 1 aliphatic carbocycles. The topological polar surface area (TPSA) is 38.3 Å². The van der Waals surface area contributed by atoms with Crippen molar-refractivity contribution in [3.8, 4) is 5.75 Å². The highest BCUT2D eigenvalue weighted by molar-refractivity contribution is 5.99. The van der Waals surface area contributed by atoms with Crippen LogP contribution in [0.5, 0.6) is 5.75 Å². The molecular weight excluding hydrogens is 374 g/mol. The quantitative estimate of drug-likeness (QED) is 0.660. The van der Waals surface area contributed by atoms with Gasteiger partial charge >= 0.3 is 6.18 Å². The Morgan fingerprint density at radius 2 is 1.82 bits per heavy atom. The van der Waals surface area contributed by atoms with E-state index in [-0.39, 0.29) is 23.6 Å². The van der Waals surface area contributed by atoms with Crippen LogP contribution < -0.4 is 10.1 Å². The van der Waals surface area contributed by atoms with Crippen molar-refractivity contribution in [3.05, 3.63) is 59.4 Å². The zero-order chi connectivity index (χ0) is 20.4. The van der Waals surface area contributed by atoms with E-state index in [4.69, 9.17) is 4.74 Å². The summed E-state index contributed by atoms with van der Waals surface area (Å²) in [6, 6.07) is 9.47. The van der Waals surface area contributed by atoms with E-state index < -0.39 is 28.9 Å². The van der Waals surface area contributed by atoms with Gasteiger partial charge < -0.3 is 10.1 Å². The van der Waals surface area contributed by atoms with Gasteiger partial charge in [0.25, 0.3) is 0 Å². The minimum atomic E-state index is -4.62. The Kier molecular flexibility index (Phi) is 5.63. The molecule has 3 rings (SSSR count). The molecule has 1 amide bonds. The molecule has 0 atom stereocenters. The first-order valence-electron chi connectivity index (χ1n) is 9.18. The summed E-state index contributed by atoms with van der Waals surface area (Å²) in [5.74, 6) is -1.27. The van der Waals surface area contributed by atoms with Gasteiger partial charge in [0.15, 0.2) is 0 Å². The number of anilines is 1. The number of halogens is 4. The van der Waals surface area contributed by atoms with Crippen LogP contribution in [0.2, 0.25) is 0 Å². The molecule has 0 heterocycles. The lowest BCUT2D eigenvalue weighted by molar-refractivity contribution is -0.139. The number of carbonyl (C=O) groups excluding carboxylic acids is 1. The van der Waals surface area contributed by atoms with Gasteiger partial charge in [0.1, 0.15) is 11.6 Å². The van der Waals surface area contributed by atoms with Crippen LogP contribution in [0.15, 0.2) is 42.5 Å². The molecule has 28 heavy (non-hydrogen) atoms. The number of hydrogen-bond donors (Lipinski definition) is 1. The molecule has 2 aromatic rings. The van der Waals surface area contributed by atoms with E-state index in [0.29, 0.717) is 12.8 Å². The van der Waals surface area contributed by atoms with Gasteiger partial charge in [0.05, 0.1) is 17.6 Å². The molecule has 2 aromatic carbocycles. The Labute approximate surface area is 160 Å². The van der Waals surface area contributed by atoms with Crippen LogP contribution in [0.1, 0.15) is 43.7 Å². The number of benzene rings is 2. The lowest BCUT2D eigenvalue weighted by atomic mass is 9.77. The van der Waals surface area contributed by atoms with Crippen LogP contribution in [-0.4, -0.2) is 12.5 Å². The normalized spacial score (nSPS) is 16.0. The maximum Gasteiger partial charge on any atom is 0.420 e. The zero-order valence-corrected chi connectivity index (χ0v) is 15.4. The molecule has 0 aliphatic heterocycles. The molecule has 0 spiro atoms. The molecule has 3 nitrogen and oxygen atoms in total. The third-order valence-electron chi connectivity index (χ3n) is 5.12. The second-order valence-corrected chi connectivity index (χ2v) is 6.86.